The molecule has 0 saturated carbocycles. The number of benzene rings is 2. The first kappa shape index (κ1) is 25.2. The van der Waals surface area contributed by atoms with Gasteiger partial charge in [-0.25, -0.2) is 0 Å². The molecule has 3 amide bonds. The number of rotatable bonds is 1. The van der Waals surface area contributed by atoms with Gasteiger partial charge in [-0.1, -0.05) is 24.3 Å². The van der Waals surface area contributed by atoms with Gasteiger partial charge in [0.2, 0.25) is 5.91 Å². The molecule has 0 spiro atoms. The van der Waals surface area contributed by atoms with E-state index in [0.717, 1.165) is 11.1 Å². The molecule has 6 rings (SSSR count). The molecule has 1 fully saturated rings. The summed E-state index contributed by atoms with van der Waals surface area (Å²) >= 11 is 0. The van der Waals surface area contributed by atoms with Gasteiger partial charge in [0, 0.05) is 44.0 Å². The normalized spacial score (nSPS) is 19.8. The van der Waals surface area contributed by atoms with Gasteiger partial charge in [0.25, 0.3) is 11.8 Å². The van der Waals surface area contributed by atoms with Crippen molar-refractivity contribution in [3.63, 3.8) is 0 Å². The van der Waals surface area contributed by atoms with Gasteiger partial charge in [0.05, 0.1) is 11.6 Å². The van der Waals surface area contributed by atoms with Crippen LogP contribution in [0.25, 0.3) is 11.1 Å². The topological polar surface area (TPSA) is 130 Å². The molecule has 3 N–H and O–H groups in total. The minimum absolute atomic E-state index is 0.135. The number of aromatic nitrogens is 1. The zero-order valence-corrected chi connectivity index (χ0v) is 20.6. The molecule has 1 aromatic heterocycles. The lowest BCUT2D eigenvalue weighted by atomic mass is 10.0. The first-order chi connectivity index (χ1) is 18.5. The van der Waals surface area contributed by atoms with Crippen molar-refractivity contribution in [3.05, 3.63) is 78.1 Å². The molecule has 38 heavy (non-hydrogen) atoms. The number of aliphatic hydroxyl groups excluding tert-OH is 1. The summed E-state index contributed by atoms with van der Waals surface area (Å²) in [6.45, 7) is 0.201. The van der Waals surface area contributed by atoms with Crippen LogP contribution < -0.4 is 20.1 Å². The average Bonchev–Trinajstić information content (AvgIpc) is 2.96. The molecule has 3 aliphatic rings. The SMILES string of the molecule is O=C1COc2cccc(c2)-c2cncc(c2)C(=O)N[C@@H]2CN(C(=O)CO)CC[C@@H]2Oc2ccc(cc2)CN1. The van der Waals surface area contributed by atoms with Crippen LogP contribution in [-0.4, -0.2) is 71.2 Å². The number of ether oxygens (including phenoxy) is 2. The Morgan fingerprint density at radius 1 is 1.03 bits per heavy atom. The van der Waals surface area contributed by atoms with Crippen LogP contribution in [0.15, 0.2) is 67.0 Å². The zero-order valence-electron chi connectivity index (χ0n) is 20.6. The van der Waals surface area contributed by atoms with Crippen molar-refractivity contribution in [2.75, 3.05) is 26.3 Å². The van der Waals surface area contributed by atoms with Gasteiger partial charge in [0.15, 0.2) is 6.61 Å². The summed E-state index contributed by atoms with van der Waals surface area (Å²) in [4.78, 5) is 43.6. The van der Waals surface area contributed by atoms with Crippen molar-refractivity contribution in [3.8, 4) is 22.6 Å². The quantitative estimate of drug-likeness (QED) is 0.447. The van der Waals surface area contributed by atoms with E-state index in [1.54, 1.807) is 42.6 Å². The molecule has 3 aliphatic heterocycles. The predicted octanol–water partition coefficient (Wildman–Crippen LogP) is 1.53. The maximum Gasteiger partial charge on any atom is 0.258 e. The number of likely N-dealkylation sites (tertiary alicyclic amines) is 1. The summed E-state index contributed by atoms with van der Waals surface area (Å²) in [6.07, 6.45) is 3.19. The maximum absolute atomic E-state index is 13.3. The number of amides is 3. The average molecular weight is 517 g/mol. The molecule has 4 heterocycles. The molecular weight excluding hydrogens is 488 g/mol. The van der Waals surface area contributed by atoms with E-state index in [2.05, 4.69) is 15.6 Å². The second kappa shape index (κ2) is 11.3. The fourth-order valence-corrected chi connectivity index (χ4v) is 4.54. The molecule has 3 aromatic rings. The largest absolute Gasteiger partial charge is 0.488 e. The molecule has 10 nitrogen and oxygen atoms in total. The van der Waals surface area contributed by atoms with Crippen LogP contribution in [0.2, 0.25) is 0 Å². The Morgan fingerprint density at radius 2 is 1.84 bits per heavy atom. The Labute approximate surface area is 219 Å². The van der Waals surface area contributed by atoms with Gasteiger partial charge in [-0.2, -0.15) is 0 Å². The summed E-state index contributed by atoms with van der Waals surface area (Å²) in [5.74, 6) is 0.108. The molecule has 2 atom stereocenters. The highest BCUT2D eigenvalue weighted by Crippen LogP contribution is 2.25. The highest BCUT2D eigenvalue weighted by atomic mass is 16.5. The molecule has 2 aromatic carbocycles. The van der Waals surface area contributed by atoms with Gasteiger partial charge in [-0.05, 0) is 41.5 Å². The van der Waals surface area contributed by atoms with E-state index in [0.29, 0.717) is 42.1 Å². The van der Waals surface area contributed by atoms with Gasteiger partial charge < -0.3 is 30.1 Å². The number of hydrogen-bond donors (Lipinski definition) is 3. The number of fused-ring (bicyclic) bond motifs is 7. The maximum atomic E-state index is 13.3. The van der Waals surface area contributed by atoms with Crippen LogP contribution in [0, 0.1) is 0 Å². The Bertz CT molecular complexity index is 1330. The minimum atomic E-state index is -0.598. The van der Waals surface area contributed by atoms with Crippen LogP contribution in [0.1, 0.15) is 22.3 Å². The van der Waals surface area contributed by atoms with Gasteiger partial charge >= 0.3 is 0 Å². The van der Waals surface area contributed by atoms with Crippen molar-refractivity contribution < 1.29 is 29.0 Å². The van der Waals surface area contributed by atoms with E-state index in [1.165, 1.54) is 11.1 Å². The van der Waals surface area contributed by atoms with Crippen LogP contribution in [0.3, 0.4) is 0 Å². The van der Waals surface area contributed by atoms with Crippen LogP contribution in [0.5, 0.6) is 11.5 Å². The zero-order chi connectivity index (χ0) is 26.5. The number of nitrogens with zero attached hydrogens (tertiary/aromatic N) is 2. The Hall–Kier alpha value is -4.44. The first-order valence-electron chi connectivity index (χ1n) is 12.4. The lowest BCUT2D eigenvalue weighted by Crippen LogP contribution is -2.58. The summed E-state index contributed by atoms with van der Waals surface area (Å²) < 4.78 is 11.9. The van der Waals surface area contributed by atoms with E-state index >= 15 is 0 Å². The number of pyridine rings is 1. The molecule has 10 heteroatoms. The number of piperidine rings is 1. The Balaban J connectivity index is 1.47. The van der Waals surface area contributed by atoms with Gasteiger partial charge in [-0.15, -0.1) is 0 Å². The van der Waals surface area contributed by atoms with E-state index in [9.17, 15) is 19.5 Å². The third-order valence-corrected chi connectivity index (χ3v) is 6.59. The third kappa shape index (κ3) is 5.92. The fourth-order valence-electron chi connectivity index (χ4n) is 4.54. The molecule has 0 aliphatic carbocycles. The number of carbonyl (C=O) groups is 3. The number of aliphatic hydroxyl groups is 1. The first-order valence-corrected chi connectivity index (χ1v) is 12.4. The molecule has 196 valence electrons. The van der Waals surface area contributed by atoms with Crippen molar-refractivity contribution in [1.29, 1.82) is 0 Å². The minimum Gasteiger partial charge on any atom is -0.488 e. The molecule has 0 radical (unpaired) electrons. The van der Waals surface area contributed by atoms with E-state index in [1.807, 2.05) is 18.2 Å². The van der Waals surface area contributed by atoms with Crippen LogP contribution in [-0.2, 0) is 16.1 Å². The molecule has 6 bridgehead atoms. The number of carbonyl (C=O) groups excluding carboxylic acids is 3. The standard InChI is InChI=1S/C28H28N4O6/c33-16-27(35)32-9-8-25-24(15-32)31-28(36)21-10-20(13-29-14-21)19-2-1-3-23(11-19)37-17-26(34)30-12-18-4-6-22(38-25)7-5-18/h1-7,10-11,13-14,24-25,33H,8-9,12,15-17H2,(H,30,34)(H,31,36)/t24-,25+/m1/s1. The Kier molecular flexibility index (Phi) is 7.50. The lowest BCUT2D eigenvalue weighted by Gasteiger charge is -2.38. The van der Waals surface area contributed by atoms with E-state index in [-0.39, 0.29) is 25.0 Å². The van der Waals surface area contributed by atoms with Gasteiger partial charge in [0.1, 0.15) is 24.2 Å². The molecular formula is C28H28N4O6. The highest BCUT2D eigenvalue weighted by molar-refractivity contribution is 5.95. The van der Waals surface area contributed by atoms with Crippen LogP contribution in [0.4, 0.5) is 0 Å². The van der Waals surface area contributed by atoms with Crippen LogP contribution >= 0.6 is 0 Å². The van der Waals surface area contributed by atoms with E-state index < -0.39 is 24.7 Å². The third-order valence-electron chi connectivity index (χ3n) is 6.59. The second-order valence-electron chi connectivity index (χ2n) is 9.22. The summed E-state index contributed by atoms with van der Waals surface area (Å²) in [5, 5.41) is 15.2. The van der Waals surface area contributed by atoms with Crippen molar-refractivity contribution in [2.45, 2.75) is 25.1 Å². The smallest absolute Gasteiger partial charge is 0.258 e. The second-order valence-corrected chi connectivity index (χ2v) is 9.22. The molecule has 1 saturated heterocycles. The van der Waals surface area contributed by atoms with Crippen molar-refractivity contribution >= 4 is 17.7 Å². The molecule has 0 unspecified atom stereocenters. The van der Waals surface area contributed by atoms with Crippen molar-refractivity contribution in [1.82, 2.24) is 20.5 Å². The lowest BCUT2D eigenvalue weighted by molar-refractivity contribution is -0.136. The number of hydrogen-bond acceptors (Lipinski definition) is 7. The summed E-state index contributed by atoms with van der Waals surface area (Å²) in [5.41, 5.74) is 2.71. The van der Waals surface area contributed by atoms with Gasteiger partial charge in [-0.3, -0.25) is 19.4 Å². The highest BCUT2D eigenvalue weighted by Gasteiger charge is 2.34. The predicted molar refractivity (Wildman–Crippen MR) is 137 cm³/mol. The monoisotopic (exact) mass is 516 g/mol. The Morgan fingerprint density at radius 3 is 2.66 bits per heavy atom. The summed E-state index contributed by atoms with van der Waals surface area (Å²) in [6, 6.07) is 15.7. The van der Waals surface area contributed by atoms with Crippen molar-refractivity contribution in [2.24, 2.45) is 0 Å². The van der Waals surface area contributed by atoms with E-state index in [4.69, 9.17) is 9.47 Å². The summed E-state index contributed by atoms with van der Waals surface area (Å²) in [7, 11) is 0. The fraction of sp³-hybridized carbons (Fsp3) is 0.286. The number of nitrogens with one attached hydrogen (secondary N) is 2.